The van der Waals surface area contributed by atoms with Gasteiger partial charge in [0.2, 0.25) is 0 Å². The van der Waals surface area contributed by atoms with Crippen molar-refractivity contribution in [3.8, 4) is 17.0 Å². The second-order valence-electron chi connectivity index (χ2n) is 6.56. The van der Waals surface area contributed by atoms with Gasteiger partial charge in [-0.25, -0.2) is 14.4 Å². The minimum Gasteiger partial charge on any atom is -0.494 e. The molecule has 0 aliphatic rings. The number of rotatable bonds is 5. The number of ether oxygens (including phenoxy) is 1. The Hall–Kier alpha value is -3.82. The highest BCUT2D eigenvalue weighted by Crippen LogP contribution is 2.33. The van der Waals surface area contributed by atoms with Gasteiger partial charge in [-0.15, -0.1) is 0 Å². The van der Waals surface area contributed by atoms with Crippen LogP contribution in [0.1, 0.15) is 11.3 Å². The second kappa shape index (κ2) is 8.13. The molecule has 0 amide bonds. The van der Waals surface area contributed by atoms with Crippen molar-refractivity contribution in [2.24, 2.45) is 0 Å². The number of nitrogens with zero attached hydrogens (tertiary/aromatic N) is 4. The first-order chi connectivity index (χ1) is 14.8. The van der Waals surface area contributed by atoms with Crippen molar-refractivity contribution in [2.75, 3.05) is 12.4 Å². The van der Waals surface area contributed by atoms with Crippen LogP contribution in [0.15, 0.2) is 55.1 Å². The molecule has 0 spiro atoms. The van der Waals surface area contributed by atoms with Crippen molar-refractivity contribution in [2.45, 2.75) is 12.7 Å². The third-order valence-corrected chi connectivity index (χ3v) is 4.52. The summed E-state index contributed by atoms with van der Waals surface area (Å²) in [6, 6.07) is 8.64. The summed E-state index contributed by atoms with van der Waals surface area (Å²) in [5.41, 5.74) is 1.33. The number of benzene rings is 1. The van der Waals surface area contributed by atoms with Crippen LogP contribution in [-0.2, 0) is 12.7 Å². The van der Waals surface area contributed by atoms with Gasteiger partial charge in [-0.3, -0.25) is 9.97 Å². The Bertz CT molecular complexity index is 1210. The molecule has 1 N–H and O–H groups in total. The Morgan fingerprint density at radius 2 is 1.81 bits per heavy atom. The van der Waals surface area contributed by atoms with Gasteiger partial charge in [-0.2, -0.15) is 13.2 Å². The summed E-state index contributed by atoms with van der Waals surface area (Å²) >= 11 is 0. The molecule has 158 valence electrons. The van der Waals surface area contributed by atoms with Crippen LogP contribution in [0.4, 0.5) is 23.4 Å². The monoisotopic (exact) mass is 429 g/mol. The summed E-state index contributed by atoms with van der Waals surface area (Å²) in [6.07, 6.45) is -0.859. The Kier molecular flexibility index (Phi) is 5.37. The molecule has 0 bridgehead atoms. The molecule has 3 aromatic heterocycles. The number of aromatic nitrogens is 4. The van der Waals surface area contributed by atoms with Crippen LogP contribution < -0.4 is 10.1 Å². The molecule has 4 aromatic rings. The van der Waals surface area contributed by atoms with E-state index in [1.54, 1.807) is 18.2 Å². The maximum Gasteiger partial charge on any atom is 0.433 e. The summed E-state index contributed by atoms with van der Waals surface area (Å²) in [5, 5.41) is 3.71. The predicted molar refractivity (Wildman–Crippen MR) is 106 cm³/mol. The van der Waals surface area contributed by atoms with Gasteiger partial charge in [0.15, 0.2) is 0 Å². The quantitative estimate of drug-likeness (QED) is 0.457. The predicted octanol–water partition coefficient (Wildman–Crippen LogP) is 4.87. The van der Waals surface area contributed by atoms with Gasteiger partial charge in [0.25, 0.3) is 0 Å². The number of nitrogens with one attached hydrogen (secondary N) is 1. The molecule has 3 heterocycles. The van der Waals surface area contributed by atoms with Crippen molar-refractivity contribution in [3.05, 3.63) is 72.2 Å². The van der Waals surface area contributed by atoms with Gasteiger partial charge in [-0.1, -0.05) is 6.07 Å². The van der Waals surface area contributed by atoms with Crippen molar-refractivity contribution in [1.82, 2.24) is 19.9 Å². The van der Waals surface area contributed by atoms with E-state index in [0.717, 1.165) is 18.5 Å². The smallest absolute Gasteiger partial charge is 0.433 e. The number of hydrogen-bond acceptors (Lipinski definition) is 6. The van der Waals surface area contributed by atoms with Crippen LogP contribution in [0.2, 0.25) is 0 Å². The Labute approximate surface area is 174 Å². The number of hydrogen-bond donors (Lipinski definition) is 1. The van der Waals surface area contributed by atoms with Gasteiger partial charge >= 0.3 is 6.18 Å². The fourth-order valence-electron chi connectivity index (χ4n) is 3.01. The first kappa shape index (κ1) is 20.5. The molecule has 0 atom stereocenters. The zero-order chi connectivity index (χ0) is 22.0. The molecule has 10 heteroatoms. The minimum atomic E-state index is -4.49. The minimum absolute atomic E-state index is 0.193. The highest BCUT2D eigenvalue weighted by Gasteiger charge is 2.31. The Morgan fingerprint density at radius 1 is 0.968 bits per heavy atom. The lowest BCUT2D eigenvalue weighted by Gasteiger charge is -2.13. The van der Waals surface area contributed by atoms with Gasteiger partial charge in [0.05, 0.1) is 19.0 Å². The number of fused-ring (bicyclic) bond motifs is 1. The van der Waals surface area contributed by atoms with Crippen LogP contribution in [0.3, 0.4) is 0 Å². The van der Waals surface area contributed by atoms with E-state index < -0.39 is 17.7 Å². The lowest BCUT2D eigenvalue weighted by molar-refractivity contribution is -0.141. The van der Waals surface area contributed by atoms with Crippen LogP contribution in [-0.4, -0.2) is 27.0 Å². The number of alkyl halides is 3. The van der Waals surface area contributed by atoms with Crippen LogP contribution in [0.5, 0.6) is 5.75 Å². The maximum absolute atomic E-state index is 13.2. The summed E-state index contributed by atoms with van der Waals surface area (Å²) in [4.78, 5) is 16.1. The van der Waals surface area contributed by atoms with E-state index in [2.05, 4.69) is 25.3 Å². The number of pyridine rings is 2. The van der Waals surface area contributed by atoms with Crippen molar-refractivity contribution in [1.29, 1.82) is 0 Å². The summed E-state index contributed by atoms with van der Waals surface area (Å²) < 4.78 is 56.7. The Balaban J connectivity index is 1.67. The second-order valence-corrected chi connectivity index (χ2v) is 6.56. The average molecular weight is 429 g/mol. The number of anilines is 1. The molecule has 0 saturated carbocycles. The normalized spacial score (nSPS) is 11.5. The first-order valence-electron chi connectivity index (χ1n) is 9.06. The zero-order valence-electron chi connectivity index (χ0n) is 16.1. The maximum atomic E-state index is 13.2. The molecule has 6 nitrogen and oxygen atoms in total. The number of halogens is 4. The standard InChI is InChI=1S/C21H15F4N5O/c1-31-17-7-13(16-4-3-14(22)10-26-16)6-15-19(17)29-11-30-20(15)28-9-12-2-5-18(27-8-12)21(23,24)25/h2-8,10-11H,9H2,1H3,(H,28,29,30). The molecule has 31 heavy (non-hydrogen) atoms. The lowest BCUT2D eigenvalue weighted by Crippen LogP contribution is -2.09. The van der Waals surface area contributed by atoms with Gasteiger partial charge < -0.3 is 10.1 Å². The average Bonchev–Trinajstić information content (AvgIpc) is 2.77. The van der Waals surface area contributed by atoms with Crippen molar-refractivity contribution >= 4 is 16.7 Å². The van der Waals surface area contributed by atoms with E-state index in [9.17, 15) is 17.6 Å². The molecule has 0 radical (unpaired) electrons. The topological polar surface area (TPSA) is 72.8 Å². The first-order valence-corrected chi connectivity index (χ1v) is 9.06. The number of methoxy groups -OCH3 is 1. The van der Waals surface area contributed by atoms with E-state index >= 15 is 0 Å². The lowest BCUT2D eigenvalue weighted by atomic mass is 10.1. The van der Waals surface area contributed by atoms with Crippen molar-refractivity contribution in [3.63, 3.8) is 0 Å². The van der Waals surface area contributed by atoms with Gasteiger partial charge in [0.1, 0.15) is 34.9 Å². The Morgan fingerprint density at radius 3 is 2.45 bits per heavy atom. The van der Waals surface area contributed by atoms with Gasteiger partial charge in [0, 0.05) is 23.7 Å². The summed E-state index contributed by atoms with van der Waals surface area (Å²) in [6.45, 7) is 0.193. The molecule has 1 aromatic carbocycles. The van der Waals surface area contributed by atoms with E-state index in [4.69, 9.17) is 4.74 Å². The van der Waals surface area contributed by atoms with Crippen LogP contribution in [0.25, 0.3) is 22.2 Å². The van der Waals surface area contributed by atoms with Crippen LogP contribution in [0, 0.1) is 5.82 Å². The van der Waals surface area contributed by atoms with Crippen LogP contribution >= 0.6 is 0 Å². The molecule has 0 fully saturated rings. The van der Waals surface area contributed by atoms with E-state index in [-0.39, 0.29) is 6.54 Å². The summed E-state index contributed by atoms with van der Waals surface area (Å²) in [7, 11) is 1.50. The van der Waals surface area contributed by atoms with E-state index in [1.807, 2.05) is 0 Å². The SMILES string of the molecule is COc1cc(-c2ccc(F)cn2)cc2c(NCc3ccc(C(F)(F)F)nc3)ncnc12. The molecule has 0 unspecified atom stereocenters. The molecule has 0 aliphatic heterocycles. The molecule has 0 saturated heterocycles. The molecular formula is C21H15F4N5O. The van der Waals surface area contributed by atoms with Crippen molar-refractivity contribution < 1.29 is 22.3 Å². The highest BCUT2D eigenvalue weighted by atomic mass is 19.4. The molecule has 0 aliphatic carbocycles. The summed E-state index contributed by atoms with van der Waals surface area (Å²) in [5.74, 6) is 0.472. The molecular weight excluding hydrogens is 414 g/mol. The van der Waals surface area contributed by atoms with Gasteiger partial charge in [-0.05, 0) is 35.9 Å². The molecule has 4 rings (SSSR count). The van der Waals surface area contributed by atoms with E-state index in [0.29, 0.717) is 39.3 Å². The highest BCUT2D eigenvalue weighted by molar-refractivity contribution is 5.96. The fraction of sp³-hybridized carbons (Fsp3) is 0.143. The third kappa shape index (κ3) is 4.37. The largest absolute Gasteiger partial charge is 0.494 e. The van der Waals surface area contributed by atoms with E-state index in [1.165, 1.54) is 25.6 Å². The zero-order valence-corrected chi connectivity index (χ0v) is 16.1. The fourth-order valence-corrected chi connectivity index (χ4v) is 3.01. The third-order valence-electron chi connectivity index (χ3n) is 4.52.